The van der Waals surface area contributed by atoms with Crippen molar-refractivity contribution in [2.75, 3.05) is 25.0 Å². The van der Waals surface area contributed by atoms with Gasteiger partial charge in [0.15, 0.2) is 0 Å². The van der Waals surface area contributed by atoms with E-state index in [1.54, 1.807) is 19.2 Å². The lowest BCUT2D eigenvalue weighted by molar-refractivity contribution is -0.136. The lowest BCUT2D eigenvalue weighted by Gasteiger charge is -2.25. The van der Waals surface area contributed by atoms with Gasteiger partial charge in [-0.25, -0.2) is 0 Å². The molecule has 0 saturated carbocycles. The molecule has 0 aliphatic carbocycles. The lowest BCUT2D eigenvalue weighted by Crippen LogP contribution is -2.42. The second-order valence-electron chi connectivity index (χ2n) is 7.86. The number of hydrogen-bond donors (Lipinski definition) is 4. The van der Waals surface area contributed by atoms with Crippen molar-refractivity contribution in [3.05, 3.63) is 65.7 Å². The van der Waals surface area contributed by atoms with Crippen molar-refractivity contribution >= 4 is 29.3 Å². The molecule has 2 amide bonds. The summed E-state index contributed by atoms with van der Waals surface area (Å²) < 4.78 is 0. The second-order valence-corrected chi connectivity index (χ2v) is 7.86. The zero-order chi connectivity index (χ0) is 23.8. The Bertz CT molecular complexity index is 1010. The number of carboxylic acids is 1. The first-order valence-corrected chi connectivity index (χ1v) is 10.8. The van der Waals surface area contributed by atoms with E-state index < -0.39 is 17.9 Å². The predicted octanol–water partition coefficient (Wildman–Crippen LogP) is 0.919. The van der Waals surface area contributed by atoms with Crippen molar-refractivity contribution < 1.29 is 19.5 Å². The van der Waals surface area contributed by atoms with E-state index in [-0.39, 0.29) is 24.3 Å². The van der Waals surface area contributed by atoms with Crippen molar-refractivity contribution in [1.29, 1.82) is 0 Å². The number of benzene rings is 2. The molecule has 2 atom stereocenters. The fourth-order valence-electron chi connectivity index (χ4n) is 3.91. The van der Waals surface area contributed by atoms with Gasteiger partial charge in [0.1, 0.15) is 11.9 Å². The molecular weight excluding hydrogens is 422 g/mol. The fourth-order valence-corrected chi connectivity index (χ4v) is 3.91. The minimum atomic E-state index is -1.06. The molecule has 5 N–H and O–H groups in total. The first kappa shape index (κ1) is 23.9. The largest absolute Gasteiger partial charge is 0.480 e. The number of anilines is 1. The van der Waals surface area contributed by atoms with E-state index in [0.717, 1.165) is 30.6 Å². The summed E-state index contributed by atoms with van der Waals surface area (Å²) in [6.07, 6.45) is 2.02. The molecule has 1 saturated heterocycles. The first-order valence-electron chi connectivity index (χ1n) is 10.8. The smallest absolute Gasteiger partial charge is 0.317 e. The van der Waals surface area contributed by atoms with Gasteiger partial charge in [0.05, 0.1) is 12.6 Å². The van der Waals surface area contributed by atoms with Crippen molar-refractivity contribution in [2.24, 2.45) is 10.7 Å². The minimum absolute atomic E-state index is 0.0124. The van der Waals surface area contributed by atoms with Gasteiger partial charge in [0.2, 0.25) is 5.91 Å². The van der Waals surface area contributed by atoms with Crippen molar-refractivity contribution in [3.63, 3.8) is 0 Å². The number of aliphatic imine (C=N–C) groups is 1. The van der Waals surface area contributed by atoms with Gasteiger partial charge in [-0.05, 0) is 49.1 Å². The molecule has 0 aromatic heterocycles. The fraction of sp³-hybridized carbons (Fsp3) is 0.333. The van der Waals surface area contributed by atoms with Crippen LogP contribution in [0.1, 0.15) is 24.0 Å². The third-order valence-electron chi connectivity index (χ3n) is 5.61. The number of nitrogens with zero attached hydrogens (tertiary/aromatic N) is 2. The summed E-state index contributed by atoms with van der Waals surface area (Å²) in [5.74, 6) is -1.57. The molecule has 0 radical (unpaired) electrons. The standard InChI is InChI=1S/C24H29N5O4/c1-26-24(33)20-8-5-13-29(20)18-11-9-17(10-12-18)22(25)28-23(32)19(27-15-21(30)31)14-16-6-3-2-4-7-16/h2-4,6-7,9-12,19-20,27H,5,8,13-15H2,1H3,(H,26,33)(H,30,31)(H2,25,28,32)/t19-,20+/m1/s1. The molecule has 174 valence electrons. The molecule has 0 unspecified atom stereocenters. The molecule has 33 heavy (non-hydrogen) atoms. The van der Waals surface area contributed by atoms with Crippen LogP contribution in [-0.4, -0.2) is 60.9 Å². The third kappa shape index (κ3) is 6.39. The van der Waals surface area contributed by atoms with E-state index in [9.17, 15) is 14.4 Å². The van der Waals surface area contributed by atoms with E-state index >= 15 is 0 Å². The van der Waals surface area contributed by atoms with E-state index in [2.05, 4.69) is 15.6 Å². The van der Waals surface area contributed by atoms with Gasteiger partial charge in [-0.1, -0.05) is 30.3 Å². The molecule has 0 spiro atoms. The van der Waals surface area contributed by atoms with E-state index in [4.69, 9.17) is 10.8 Å². The Balaban J connectivity index is 1.73. The number of rotatable bonds is 9. The number of carbonyl (C=O) groups excluding carboxylic acids is 2. The molecule has 2 aromatic carbocycles. The summed E-state index contributed by atoms with van der Waals surface area (Å²) >= 11 is 0. The van der Waals surface area contributed by atoms with Crippen molar-refractivity contribution in [3.8, 4) is 0 Å². The highest BCUT2D eigenvalue weighted by atomic mass is 16.4. The molecule has 1 aliphatic heterocycles. The number of nitrogens with two attached hydrogens (primary N) is 1. The normalized spacial score (nSPS) is 16.9. The number of carboxylic acid groups (broad SMARTS) is 1. The summed E-state index contributed by atoms with van der Waals surface area (Å²) in [6, 6.07) is 15.5. The molecule has 1 heterocycles. The van der Waals surface area contributed by atoms with Crippen LogP contribution in [0.2, 0.25) is 0 Å². The molecule has 2 aromatic rings. The Hall–Kier alpha value is -3.72. The Labute approximate surface area is 192 Å². The monoisotopic (exact) mass is 451 g/mol. The number of amidine groups is 1. The van der Waals surface area contributed by atoms with Crippen molar-refractivity contribution in [1.82, 2.24) is 10.6 Å². The van der Waals surface area contributed by atoms with Crippen LogP contribution in [0.25, 0.3) is 0 Å². The number of carbonyl (C=O) groups is 3. The Kier molecular flexibility index (Phi) is 8.15. The zero-order valence-electron chi connectivity index (χ0n) is 18.5. The maximum absolute atomic E-state index is 12.8. The van der Waals surface area contributed by atoms with Gasteiger partial charge < -0.3 is 21.1 Å². The van der Waals surface area contributed by atoms with Gasteiger partial charge in [-0.2, -0.15) is 4.99 Å². The minimum Gasteiger partial charge on any atom is -0.480 e. The quantitative estimate of drug-likeness (QED) is 0.329. The molecule has 1 fully saturated rings. The van der Waals surface area contributed by atoms with Crippen LogP contribution in [0, 0.1) is 0 Å². The van der Waals surface area contributed by atoms with Crippen LogP contribution in [0.15, 0.2) is 59.6 Å². The summed E-state index contributed by atoms with van der Waals surface area (Å²) in [5.41, 5.74) is 8.44. The van der Waals surface area contributed by atoms with Gasteiger partial charge >= 0.3 is 5.97 Å². The first-order chi connectivity index (χ1) is 15.9. The highest BCUT2D eigenvalue weighted by Crippen LogP contribution is 2.26. The highest BCUT2D eigenvalue weighted by molar-refractivity contribution is 6.05. The predicted molar refractivity (Wildman–Crippen MR) is 126 cm³/mol. The molecule has 3 rings (SSSR count). The van der Waals surface area contributed by atoms with E-state index in [1.165, 1.54) is 0 Å². The summed E-state index contributed by atoms with van der Waals surface area (Å²) in [4.78, 5) is 42.0. The maximum atomic E-state index is 12.8. The Morgan fingerprint density at radius 3 is 2.48 bits per heavy atom. The average molecular weight is 452 g/mol. The molecule has 9 nitrogen and oxygen atoms in total. The number of likely N-dealkylation sites (N-methyl/N-ethyl adjacent to an activating group) is 1. The van der Waals surface area contributed by atoms with Crippen LogP contribution in [0.4, 0.5) is 5.69 Å². The summed E-state index contributed by atoms with van der Waals surface area (Å²) in [6.45, 7) is 0.422. The van der Waals surface area contributed by atoms with E-state index in [1.807, 2.05) is 47.4 Å². The third-order valence-corrected chi connectivity index (χ3v) is 5.61. The number of amides is 2. The Morgan fingerprint density at radius 2 is 1.85 bits per heavy atom. The molecular formula is C24H29N5O4. The van der Waals surface area contributed by atoms with Crippen LogP contribution in [-0.2, 0) is 20.8 Å². The molecule has 0 bridgehead atoms. The molecule has 9 heteroatoms. The van der Waals surface area contributed by atoms with Crippen LogP contribution >= 0.6 is 0 Å². The average Bonchev–Trinajstić information content (AvgIpc) is 3.31. The second kappa shape index (κ2) is 11.2. The van der Waals surface area contributed by atoms with Gasteiger partial charge in [0, 0.05) is 24.8 Å². The highest BCUT2D eigenvalue weighted by Gasteiger charge is 2.30. The number of aliphatic carboxylic acids is 1. The van der Waals surface area contributed by atoms with Gasteiger partial charge in [-0.3, -0.25) is 19.7 Å². The van der Waals surface area contributed by atoms with Gasteiger partial charge in [-0.15, -0.1) is 0 Å². The van der Waals surface area contributed by atoms with E-state index in [0.29, 0.717) is 12.0 Å². The SMILES string of the molecule is CNC(=O)[C@@H]1CCCN1c1ccc(C(N)=NC(=O)[C@@H](Cc2ccccc2)NCC(=O)O)cc1. The number of nitrogens with one attached hydrogen (secondary N) is 2. The van der Waals surface area contributed by atoms with Crippen molar-refractivity contribution in [2.45, 2.75) is 31.3 Å². The van der Waals surface area contributed by atoms with Crippen LogP contribution < -0.4 is 21.3 Å². The lowest BCUT2D eigenvalue weighted by atomic mass is 10.1. The summed E-state index contributed by atoms with van der Waals surface area (Å²) in [7, 11) is 1.63. The maximum Gasteiger partial charge on any atom is 0.317 e. The van der Waals surface area contributed by atoms with Crippen LogP contribution in [0.3, 0.4) is 0 Å². The number of hydrogen-bond acceptors (Lipinski definition) is 5. The summed E-state index contributed by atoms with van der Waals surface area (Å²) in [5, 5.41) is 14.4. The Morgan fingerprint density at radius 1 is 1.15 bits per heavy atom. The topological polar surface area (TPSA) is 137 Å². The van der Waals surface area contributed by atoms with Gasteiger partial charge in [0.25, 0.3) is 5.91 Å². The zero-order valence-corrected chi connectivity index (χ0v) is 18.5. The molecule has 1 aliphatic rings. The van der Waals surface area contributed by atoms with Crippen LogP contribution in [0.5, 0.6) is 0 Å².